The van der Waals surface area contributed by atoms with E-state index in [-0.39, 0.29) is 6.04 Å². The summed E-state index contributed by atoms with van der Waals surface area (Å²) in [5, 5.41) is 6.58. The van der Waals surface area contributed by atoms with Crippen molar-refractivity contribution in [2.45, 2.75) is 32.4 Å². The molecule has 2 aromatic rings. The number of esters is 1. The molecule has 0 amide bonds. The number of aliphatic imine (C=N–C) groups is 1. The molecule has 3 rings (SSSR count). The second-order valence-electron chi connectivity index (χ2n) is 6.76. The molecule has 28 heavy (non-hydrogen) atoms. The van der Waals surface area contributed by atoms with Crippen LogP contribution in [0, 0.1) is 6.92 Å². The fourth-order valence-corrected chi connectivity index (χ4v) is 3.47. The lowest BCUT2D eigenvalue weighted by Crippen LogP contribution is -2.42. The lowest BCUT2D eigenvalue weighted by atomic mass is 10.2. The van der Waals surface area contributed by atoms with Gasteiger partial charge in [0.25, 0.3) is 0 Å². The Labute approximate surface area is 164 Å². The Morgan fingerprint density at radius 2 is 2.14 bits per heavy atom. The third kappa shape index (κ3) is 4.75. The van der Waals surface area contributed by atoms with Gasteiger partial charge in [-0.25, -0.2) is 4.79 Å². The van der Waals surface area contributed by atoms with Crippen molar-refractivity contribution in [3.63, 3.8) is 0 Å². The molecule has 0 saturated carbocycles. The maximum atomic E-state index is 11.7. The van der Waals surface area contributed by atoms with E-state index in [4.69, 9.17) is 13.6 Å². The monoisotopic (exact) mass is 388 g/mol. The van der Waals surface area contributed by atoms with Crippen LogP contribution in [0.15, 0.2) is 38.3 Å². The molecule has 2 N–H and O–H groups in total. The maximum Gasteiger partial charge on any atom is 0.341 e. The molecular weight excluding hydrogens is 360 g/mol. The van der Waals surface area contributed by atoms with Gasteiger partial charge >= 0.3 is 5.97 Å². The highest BCUT2D eigenvalue weighted by molar-refractivity contribution is 5.90. The van der Waals surface area contributed by atoms with Crippen LogP contribution in [0.3, 0.4) is 0 Å². The third-order valence-electron chi connectivity index (χ3n) is 4.94. The predicted molar refractivity (Wildman–Crippen MR) is 105 cm³/mol. The first-order valence-electron chi connectivity index (χ1n) is 9.52. The summed E-state index contributed by atoms with van der Waals surface area (Å²) in [4.78, 5) is 18.4. The van der Waals surface area contributed by atoms with Gasteiger partial charge in [0.15, 0.2) is 5.96 Å². The van der Waals surface area contributed by atoms with Crippen molar-refractivity contribution in [1.82, 2.24) is 15.5 Å². The summed E-state index contributed by atoms with van der Waals surface area (Å²) in [6.45, 7) is 4.97. The zero-order chi connectivity index (χ0) is 19.9. The molecule has 2 aromatic heterocycles. The number of carbonyl (C=O) groups is 1. The highest BCUT2D eigenvalue weighted by atomic mass is 16.5. The zero-order valence-corrected chi connectivity index (χ0v) is 16.7. The van der Waals surface area contributed by atoms with Crippen molar-refractivity contribution in [3.05, 3.63) is 47.3 Å². The number of nitrogens with one attached hydrogen (secondary N) is 2. The van der Waals surface area contributed by atoms with E-state index in [2.05, 4.69) is 20.5 Å². The SMILES string of the molecule is CN=C(NCc1cc(C(=O)OC)c(C)o1)NCC(c1ccco1)N1CCCC1. The quantitative estimate of drug-likeness (QED) is 0.428. The number of nitrogens with zero attached hydrogens (tertiary/aromatic N) is 2. The van der Waals surface area contributed by atoms with Gasteiger partial charge in [-0.15, -0.1) is 0 Å². The molecule has 0 aromatic carbocycles. The van der Waals surface area contributed by atoms with Crippen molar-refractivity contribution in [2.75, 3.05) is 33.8 Å². The summed E-state index contributed by atoms with van der Waals surface area (Å²) in [6.07, 6.45) is 4.14. The summed E-state index contributed by atoms with van der Waals surface area (Å²) in [6, 6.07) is 5.79. The van der Waals surface area contributed by atoms with Gasteiger partial charge in [-0.2, -0.15) is 0 Å². The van der Waals surface area contributed by atoms with Gasteiger partial charge in [-0.1, -0.05) is 0 Å². The predicted octanol–water partition coefficient (Wildman–Crippen LogP) is 2.47. The minimum absolute atomic E-state index is 0.160. The summed E-state index contributed by atoms with van der Waals surface area (Å²) in [5.41, 5.74) is 0.439. The van der Waals surface area contributed by atoms with Crippen LogP contribution < -0.4 is 10.6 Å². The van der Waals surface area contributed by atoms with Crippen molar-refractivity contribution in [1.29, 1.82) is 0 Å². The van der Waals surface area contributed by atoms with Gasteiger partial charge in [0, 0.05) is 13.6 Å². The summed E-state index contributed by atoms with van der Waals surface area (Å²) in [5.74, 6) is 2.39. The molecule has 1 saturated heterocycles. The molecule has 152 valence electrons. The van der Waals surface area contributed by atoms with Crippen molar-refractivity contribution < 1.29 is 18.4 Å². The highest BCUT2D eigenvalue weighted by Crippen LogP contribution is 2.24. The zero-order valence-electron chi connectivity index (χ0n) is 16.7. The Morgan fingerprint density at radius 3 is 2.79 bits per heavy atom. The first-order valence-corrected chi connectivity index (χ1v) is 9.52. The molecule has 0 spiro atoms. The second-order valence-corrected chi connectivity index (χ2v) is 6.76. The van der Waals surface area contributed by atoms with E-state index < -0.39 is 5.97 Å². The average molecular weight is 388 g/mol. The van der Waals surface area contributed by atoms with E-state index in [1.165, 1.54) is 20.0 Å². The Balaban J connectivity index is 1.57. The topological polar surface area (TPSA) is 92.2 Å². The van der Waals surface area contributed by atoms with Crippen molar-refractivity contribution >= 4 is 11.9 Å². The van der Waals surface area contributed by atoms with Gasteiger partial charge in [0.05, 0.1) is 26.0 Å². The molecule has 1 fully saturated rings. The van der Waals surface area contributed by atoms with Crippen LogP contribution in [-0.4, -0.2) is 50.6 Å². The first kappa shape index (κ1) is 20.0. The standard InChI is InChI=1S/C20H28N4O4/c1-14-16(19(25)26-3)11-15(28-14)12-22-20(21-2)23-13-17(18-7-6-10-27-18)24-8-4-5-9-24/h6-7,10-11,17H,4-5,8-9,12-13H2,1-3H3,(H2,21,22,23). The van der Waals surface area contributed by atoms with Gasteiger partial charge in [0.2, 0.25) is 0 Å². The Hall–Kier alpha value is -2.74. The van der Waals surface area contributed by atoms with E-state index in [0.717, 1.165) is 18.8 Å². The summed E-state index contributed by atoms with van der Waals surface area (Å²) in [7, 11) is 3.08. The fourth-order valence-electron chi connectivity index (χ4n) is 3.47. The van der Waals surface area contributed by atoms with Gasteiger partial charge < -0.3 is 24.2 Å². The first-order chi connectivity index (χ1) is 13.6. The molecule has 8 nitrogen and oxygen atoms in total. The Bertz CT molecular complexity index is 791. The number of furan rings is 2. The van der Waals surface area contributed by atoms with Crippen molar-refractivity contribution in [2.24, 2.45) is 4.99 Å². The minimum atomic E-state index is -0.401. The largest absolute Gasteiger partial charge is 0.468 e. The molecule has 0 aliphatic carbocycles. The van der Waals surface area contributed by atoms with Gasteiger partial charge in [-0.3, -0.25) is 9.89 Å². The number of carbonyl (C=O) groups excluding carboxylic acids is 1. The molecule has 1 aliphatic rings. The molecule has 3 heterocycles. The minimum Gasteiger partial charge on any atom is -0.468 e. The molecule has 1 aliphatic heterocycles. The van der Waals surface area contributed by atoms with Gasteiger partial charge in [0.1, 0.15) is 22.8 Å². The van der Waals surface area contributed by atoms with E-state index in [1.807, 2.05) is 12.1 Å². The van der Waals surface area contributed by atoms with E-state index in [0.29, 0.717) is 36.1 Å². The molecule has 8 heteroatoms. The number of hydrogen-bond acceptors (Lipinski definition) is 6. The number of likely N-dealkylation sites (tertiary alicyclic amines) is 1. The summed E-state index contributed by atoms with van der Waals surface area (Å²) >= 11 is 0. The van der Waals surface area contributed by atoms with Crippen LogP contribution >= 0.6 is 0 Å². The molecule has 1 atom stereocenters. The van der Waals surface area contributed by atoms with E-state index in [9.17, 15) is 4.79 Å². The summed E-state index contributed by atoms with van der Waals surface area (Å²) < 4.78 is 16.0. The van der Waals surface area contributed by atoms with Crippen LogP contribution in [0.4, 0.5) is 0 Å². The van der Waals surface area contributed by atoms with Crippen LogP contribution in [0.5, 0.6) is 0 Å². The average Bonchev–Trinajstić information content (AvgIpc) is 3.46. The van der Waals surface area contributed by atoms with E-state index >= 15 is 0 Å². The number of hydrogen-bond donors (Lipinski definition) is 2. The second kappa shape index (κ2) is 9.45. The lowest BCUT2D eigenvalue weighted by molar-refractivity contribution is 0.0599. The van der Waals surface area contributed by atoms with E-state index in [1.54, 1.807) is 26.3 Å². The molecule has 0 bridgehead atoms. The normalized spacial score (nSPS) is 16.2. The Morgan fingerprint density at radius 1 is 1.36 bits per heavy atom. The molecule has 1 unspecified atom stereocenters. The molecular formula is C20H28N4O4. The van der Waals surface area contributed by atoms with Gasteiger partial charge in [-0.05, 0) is 51.1 Å². The lowest BCUT2D eigenvalue weighted by Gasteiger charge is -2.26. The molecule has 0 radical (unpaired) electrons. The number of aryl methyl sites for hydroxylation is 1. The van der Waals surface area contributed by atoms with Crippen molar-refractivity contribution in [3.8, 4) is 0 Å². The third-order valence-corrected chi connectivity index (χ3v) is 4.94. The number of methoxy groups -OCH3 is 1. The Kier molecular flexibility index (Phi) is 6.76. The number of ether oxygens (including phenoxy) is 1. The van der Waals surface area contributed by atoms with Crippen LogP contribution in [0.25, 0.3) is 0 Å². The van der Waals surface area contributed by atoms with Crippen LogP contribution in [0.1, 0.15) is 46.5 Å². The number of guanidine groups is 1. The fraction of sp³-hybridized carbons (Fsp3) is 0.500. The van der Waals surface area contributed by atoms with Crippen LogP contribution in [-0.2, 0) is 11.3 Å². The maximum absolute atomic E-state index is 11.7. The highest BCUT2D eigenvalue weighted by Gasteiger charge is 2.25. The van der Waals surface area contributed by atoms with Crippen LogP contribution in [0.2, 0.25) is 0 Å². The number of rotatable bonds is 7. The smallest absolute Gasteiger partial charge is 0.341 e.